The third-order valence-electron chi connectivity index (χ3n) is 6.67. The number of fused-ring (bicyclic) bond motifs is 2. The molecule has 1 saturated carbocycles. The first-order chi connectivity index (χ1) is 14.5. The van der Waals surface area contributed by atoms with Crippen molar-refractivity contribution in [3.63, 3.8) is 0 Å². The maximum absolute atomic E-state index is 10.8. The molecule has 3 N–H and O–H groups in total. The lowest BCUT2D eigenvalue weighted by Gasteiger charge is -2.32. The number of carboxylic acids is 1. The van der Waals surface area contributed by atoms with Crippen molar-refractivity contribution in [3.05, 3.63) is 29.3 Å². The summed E-state index contributed by atoms with van der Waals surface area (Å²) in [7, 11) is 0. The largest absolute Gasteiger partial charge is 0.482 e. The number of carboxylic acid groups (broad SMARTS) is 1. The van der Waals surface area contributed by atoms with Gasteiger partial charge < -0.3 is 20.1 Å². The molecule has 5 nitrogen and oxygen atoms in total. The van der Waals surface area contributed by atoms with Crippen LogP contribution in [0, 0.1) is 17.8 Å². The summed E-state index contributed by atoms with van der Waals surface area (Å²) in [6, 6.07) is 5.87. The summed E-state index contributed by atoms with van der Waals surface area (Å²) >= 11 is 0. The number of ether oxygens (including phenoxy) is 1. The van der Waals surface area contributed by atoms with Crippen LogP contribution in [0.15, 0.2) is 18.2 Å². The van der Waals surface area contributed by atoms with Crippen molar-refractivity contribution in [1.82, 2.24) is 0 Å². The van der Waals surface area contributed by atoms with Gasteiger partial charge in [-0.05, 0) is 73.5 Å². The molecule has 2 aliphatic carbocycles. The summed E-state index contributed by atoms with van der Waals surface area (Å²) < 4.78 is 5.50. The van der Waals surface area contributed by atoms with Gasteiger partial charge in [-0.1, -0.05) is 52.2 Å². The molecular formula is C25H40O5. The molecule has 30 heavy (non-hydrogen) atoms. The topological polar surface area (TPSA) is 87.0 Å². The SMILES string of the molecule is CC.CCCCCC(O)CCC1C2Cc3cccc(OCC(=O)O)c3CC2C[C@H]1O. The quantitative estimate of drug-likeness (QED) is 0.481. The van der Waals surface area contributed by atoms with Crippen molar-refractivity contribution in [2.75, 3.05) is 6.61 Å². The molecule has 0 saturated heterocycles. The second-order valence-corrected chi connectivity index (χ2v) is 8.60. The number of hydrogen-bond donors (Lipinski definition) is 3. The fourth-order valence-electron chi connectivity index (χ4n) is 5.24. The predicted molar refractivity (Wildman–Crippen MR) is 119 cm³/mol. The number of unbranched alkanes of at least 4 members (excludes halogenated alkanes) is 2. The zero-order valence-electron chi connectivity index (χ0n) is 18.8. The summed E-state index contributed by atoms with van der Waals surface area (Å²) in [4.78, 5) is 10.8. The van der Waals surface area contributed by atoms with Gasteiger partial charge in [0.25, 0.3) is 0 Å². The number of hydrogen-bond acceptors (Lipinski definition) is 4. The van der Waals surface area contributed by atoms with Crippen molar-refractivity contribution in [2.45, 2.75) is 90.8 Å². The summed E-state index contributed by atoms with van der Waals surface area (Å²) in [5, 5.41) is 29.8. The van der Waals surface area contributed by atoms with Crippen LogP contribution in [0.4, 0.5) is 0 Å². The van der Waals surface area contributed by atoms with Gasteiger partial charge in [0.2, 0.25) is 0 Å². The van der Waals surface area contributed by atoms with Gasteiger partial charge in [0.1, 0.15) is 5.75 Å². The Morgan fingerprint density at radius 3 is 2.67 bits per heavy atom. The Morgan fingerprint density at radius 2 is 1.97 bits per heavy atom. The highest BCUT2D eigenvalue weighted by molar-refractivity contribution is 5.68. The van der Waals surface area contributed by atoms with Gasteiger partial charge in [-0.15, -0.1) is 0 Å². The summed E-state index contributed by atoms with van der Waals surface area (Å²) in [5.74, 6) is 0.768. The maximum Gasteiger partial charge on any atom is 0.341 e. The molecule has 0 heterocycles. The second kappa shape index (κ2) is 12.3. The normalized spacial score (nSPS) is 25.5. The van der Waals surface area contributed by atoms with Crippen LogP contribution in [-0.4, -0.2) is 40.1 Å². The molecule has 0 radical (unpaired) electrons. The molecule has 1 aromatic carbocycles. The Hall–Kier alpha value is -1.59. The minimum Gasteiger partial charge on any atom is -0.482 e. The van der Waals surface area contributed by atoms with Gasteiger partial charge >= 0.3 is 5.97 Å². The molecule has 0 amide bonds. The molecule has 1 aromatic rings. The third-order valence-corrected chi connectivity index (χ3v) is 6.67. The lowest BCUT2D eigenvalue weighted by Crippen LogP contribution is -2.28. The van der Waals surface area contributed by atoms with E-state index in [1.807, 2.05) is 26.0 Å². The molecule has 4 unspecified atom stereocenters. The van der Waals surface area contributed by atoms with Crippen molar-refractivity contribution >= 4 is 5.97 Å². The number of rotatable bonds is 10. The fraction of sp³-hybridized carbons (Fsp3) is 0.720. The maximum atomic E-state index is 10.8. The zero-order valence-corrected chi connectivity index (χ0v) is 18.8. The molecular weight excluding hydrogens is 380 g/mol. The molecule has 0 aromatic heterocycles. The molecule has 5 heteroatoms. The highest BCUT2D eigenvalue weighted by Gasteiger charge is 2.44. The molecule has 2 aliphatic rings. The van der Waals surface area contributed by atoms with E-state index in [1.54, 1.807) is 0 Å². The van der Waals surface area contributed by atoms with Crippen molar-refractivity contribution < 1.29 is 24.9 Å². The second-order valence-electron chi connectivity index (χ2n) is 8.60. The lowest BCUT2D eigenvalue weighted by molar-refractivity contribution is -0.139. The number of aliphatic carboxylic acids is 1. The number of aliphatic hydroxyl groups is 2. The first-order valence-corrected chi connectivity index (χ1v) is 11.8. The number of aliphatic hydroxyl groups excluding tert-OH is 2. The van der Waals surface area contributed by atoms with E-state index in [1.165, 1.54) is 5.56 Å². The Balaban J connectivity index is 0.00000155. The Morgan fingerprint density at radius 1 is 1.20 bits per heavy atom. The van der Waals surface area contributed by atoms with Crippen molar-refractivity contribution in [2.24, 2.45) is 17.8 Å². The van der Waals surface area contributed by atoms with Crippen LogP contribution in [0.3, 0.4) is 0 Å². The van der Waals surface area contributed by atoms with Crippen LogP contribution < -0.4 is 4.74 Å². The van der Waals surface area contributed by atoms with E-state index in [4.69, 9.17) is 9.84 Å². The van der Waals surface area contributed by atoms with E-state index in [0.29, 0.717) is 17.6 Å². The molecule has 0 bridgehead atoms. The first kappa shape index (κ1) is 24.7. The smallest absolute Gasteiger partial charge is 0.341 e. The highest BCUT2D eigenvalue weighted by atomic mass is 16.5. The third kappa shape index (κ3) is 6.45. The molecule has 0 spiro atoms. The average molecular weight is 421 g/mol. The van der Waals surface area contributed by atoms with Gasteiger partial charge in [-0.25, -0.2) is 4.79 Å². The highest BCUT2D eigenvalue weighted by Crippen LogP contribution is 2.48. The van der Waals surface area contributed by atoms with Crippen LogP contribution in [0.2, 0.25) is 0 Å². The Bertz CT molecular complexity index is 659. The minimum atomic E-state index is -0.972. The van der Waals surface area contributed by atoms with Gasteiger partial charge in [-0.3, -0.25) is 0 Å². The van der Waals surface area contributed by atoms with Crippen LogP contribution in [0.25, 0.3) is 0 Å². The Kier molecular flexibility index (Phi) is 10.1. The standard InChI is InChI=1S/C23H34O5.C2H6/c1-2-3-4-7-17(24)9-10-18-19-11-15-6-5-8-22(28-14-23(26)27)20(15)12-16(19)13-21(18)25;1-2/h5-6,8,16-19,21,24-25H,2-4,7,9-14H2,1H3,(H,26,27);1-2H3/t16?,17?,18?,19?,21-;/m1./s1. The van der Waals surface area contributed by atoms with Crippen LogP contribution in [-0.2, 0) is 17.6 Å². The van der Waals surface area contributed by atoms with E-state index in [2.05, 4.69) is 13.0 Å². The fourth-order valence-corrected chi connectivity index (χ4v) is 5.24. The monoisotopic (exact) mass is 420 g/mol. The average Bonchev–Trinajstić information content (AvgIpc) is 3.04. The van der Waals surface area contributed by atoms with Gasteiger partial charge in [0.05, 0.1) is 12.2 Å². The lowest BCUT2D eigenvalue weighted by atomic mass is 9.73. The predicted octanol–water partition coefficient (Wildman–Crippen LogP) is 4.61. The van der Waals surface area contributed by atoms with E-state index in [9.17, 15) is 15.0 Å². The van der Waals surface area contributed by atoms with Crippen molar-refractivity contribution in [1.29, 1.82) is 0 Å². The summed E-state index contributed by atoms with van der Waals surface area (Å²) in [6.45, 7) is 5.84. The van der Waals surface area contributed by atoms with Gasteiger partial charge in [-0.2, -0.15) is 0 Å². The molecule has 5 atom stereocenters. The number of benzene rings is 1. The van der Waals surface area contributed by atoms with Gasteiger partial charge in [0.15, 0.2) is 6.61 Å². The minimum absolute atomic E-state index is 0.238. The summed E-state index contributed by atoms with van der Waals surface area (Å²) in [6.07, 6.45) is 7.85. The molecule has 3 rings (SSSR count). The number of carbonyl (C=O) groups is 1. The van der Waals surface area contributed by atoms with E-state index in [0.717, 1.165) is 63.4 Å². The van der Waals surface area contributed by atoms with E-state index >= 15 is 0 Å². The van der Waals surface area contributed by atoms with E-state index in [-0.39, 0.29) is 24.7 Å². The van der Waals surface area contributed by atoms with Gasteiger partial charge in [0, 0.05) is 0 Å². The molecule has 0 aliphatic heterocycles. The van der Waals surface area contributed by atoms with Crippen LogP contribution >= 0.6 is 0 Å². The zero-order chi connectivity index (χ0) is 22.1. The molecule has 1 fully saturated rings. The van der Waals surface area contributed by atoms with Crippen molar-refractivity contribution in [3.8, 4) is 5.75 Å². The Labute approximate surface area is 181 Å². The molecule has 170 valence electrons. The summed E-state index contributed by atoms with van der Waals surface area (Å²) in [5.41, 5.74) is 2.32. The van der Waals surface area contributed by atoms with Crippen LogP contribution in [0.1, 0.15) is 76.8 Å². The first-order valence-electron chi connectivity index (χ1n) is 11.8. The van der Waals surface area contributed by atoms with Crippen LogP contribution in [0.5, 0.6) is 5.75 Å². The van der Waals surface area contributed by atoms with E-state index < -0.39 is 5.97 Å².